The maximum absolute atomic E-state index is 11.1. The molecule has 2 aromatic carbocycles. The van der Waals surface area contributed by atoms with Crippen LogP contribution in [-0.4, -0.2) is 8.76 Å². The van der Waals surface area contributed by atoms with Crippen LogP contribution in [0.3, 0.4) is 0 Å². The van der Waals surface area contributed by atoms with Crippen LogP contribution in [0.5, 0.6) is 0 Å². The summed E-state index contributed by atoms with van der Waals surface area (Å²) < 4.78 is 22.2. The van der Waals surface area contributed by atoms with Gasteiger partial charge in [0.2, 0.25) is 0 Å². The van der Waals surface area contributed by atoms with Crippen LogP contribution in [0.4, 0.5) is 0 Å². The van der Waals surface area contributed by atoms with Crippen molar-refractivity contribution in [1.29, 1.82) is 0 Å². The van der Waals surface area contributed by atoms with Gasteiger partial charge in [0.1, 0.15) is 0 Å². The van der Waals surface area contributed by atoms with Crippen LogP contribution in [0.1, 0.15) is 16.4 Å². The summed E-state index contributed by atoms with van der Waals surface area (Å²) in [6.45, 7) is 0. The summed E-state index contributed by atoms with van der Waals surface area (Å²) in [5.41, 5.74) is 2.11. The van der Waals surface area contributed by atoms with Crippen LogP contribution in [0.15, 0.2) is 36.4 Å². The molecule has 0 saturated carbocycles. The van der Waals surface area contributed by atoms with E-state index in [-0.39, 0.29) is 5.25 Å². The topological polar surface area (TPSA) is 40.1 Å². The van der Waals surface area contributed by atoms with Crippen molar-refractivity contribution in [2.24, 2.45) is 0 Å². The Hall–Kier alpha value is -1.19. The summed E-state index contributed by atoms with van der Waals surface area (Å²) >= 11 is -2.02. The molecular weight excluding hydrogens is 208 g/mol. The standard InChI is InChI=1S/C12H10O2S/c13-15(14)11-7-9-5-1-3-8-4-2-6-10(11)12(8)9/h1-6,11H,7H2,(H,13,14)/p-1. The Bertz CT molecular complexity index is 557. The molecule has 0 aliphatic heterocycles. The minimum Gasteiger partial charge on any atom is -0.772 e. The van der Waals surface area contributed by atoms with Crippen LogP contribution in [0.2, 0.25) is 0 Å². The lowest BCUT2D eigenvalue weighted by Gasteiger charge is -2.14. The highest BCUT2D eigenvalue weighted by Gasteiger charge is 2.24. The van der Waals surface area contributed by atoms with Gasteiger partial charge in [0.05, 0.1) is 5.25 Å². The van der Waals surface area contributed by atoms with Crippen molar-refractivity contribution in [3.05, 3.63) is 47.5 Å². The van der Waals surface area contributed by atoms with Crippen molar-refractivity contribution < 1.29 is 8.76 Å². The summed E-state index contributed by atoms with van der Waals surface area (Å²) in [6.07, 6.45) is 0.618. The van der Waals surface area contributed by atoms with E-state index in [4.69, 9.17) is 0 Å². The molecular formula is C12H9O2S-. The van der Waals surface area contributed by atoms with E-state index in [1.807, 2.05) is 36.4 Å². The number of rotatable bonds is 1. The van der Waals surface area contributed by atoms with Crippen molar-refractivity contribution >= 4 is 21.9 Å². The predicted octanol–water partition coefficient (Wildman–Crippen LogP) is 2.32. The second kappa shape index (κ2) is 3.15. The molecule has 0 amide bonds. The normalized spacial score (nSPS) is 20.7. The predicted molar refractivity (Wildman–Crippen MR) is 59.3 cm³/mol. The molecule has 76 valence electrons. The molecule has 3 heteroatoms. The maximum atomic E-state index is 11.1. The zero-order valence-electron chi connectivity index (χ0n) is 7.97. The third-order valence-corrected chi connectivity index (χ3v) is 3.89. The third kappa shape index (κ3) is 1.24. The second-order valence-corrected chi connectivity index (χ2v) is 4.91. The molecule has 2 atom stereocenters. The molecule has 0 N–H and O–H groups in total. The lowest BCUT2D eigenvalue weighted by atomic mass is 10.1. The fourth-order valence-electron chi connectivity index (χ4n) is 2.37. The van der Waals surface area contributed by atoms with E-state index in [0.29, 0.717) is 6.42 Å². The molecule has 0 heterocycles. The highest BCUT2D eigenvalue weighted by molar-refractivity contribution is 7.79. The fourth-order valence-corrected chi connectivity index (χ4v) is 3.09. The van der Waals surface area contributed by atoms with E-state index in [0.717, 1.165) is 21.9 Å². The lowest BCUT2D eigenvalue weighted by Crippen LogP contribution is -2.03. The zero-order chi connectivity index (χ0) is 10.4. The molecule has 2 nitrogen and oxygen atoms in total. The summed E-state index contributed by atoms with van der Waals surface area (Å²) in [4.78, 5) is 0. The second-order valence-electron chi connectivity index (χ2n) is 3.82. The molecule has 0 aromatic heterocycles. The van der Waals surface area contributed by atoms with E-state index in [1.165, 1.54) is 0 Å². The van der Waals surface area contributed by atoms with Crippen molar-refractivity contribution in [2.45, 2.75) is 11.7 Å². The first kappa shape index (κ1) is 9.07. The molecule has 15 heavy (non-hydrogen) atoms. The van der Waals surface area contributed by atoms with Crippen LogP contribution >= 0.6 is 0 Å². The number of benzene rings is 2. The third-order valence-electron chi connectivity index (χ3n) is 3.01. The van der Waals surface area contributed by atoms with E-state index in [1.54, 1.807) is 0 Å². The molecule has 0 radical (unpaired) electrons. The van der Waals surface area contributed by atoms with Crippen LogP contribution < -0.4 is 0 Å². The molecule has 0 fully saturated rings. The quantitative estimate of drug-likeness (QED) is 0.688. The largest absolute Gasteiger partial charge is 0.772 e. The number of hydrogen-bond donors (Lipinski definition) is 0. The summed E-state index contributed by atoms with van der Waals surface area (Å²) in [7, 11) is 0. The Morgan fingerprint density at radius 3 is 2.67 bits per heavy atom. The SMILES string of the molecule is O=S([O-])C1Cc2cccc3cccc1c23. The Labute approximate surface area is 90.2 Å². The Morgan fingerprint density at radius 2 is 1.93 bits per heavy atom. The molecule has 2 aromatic rings. The van der Waals surface area contributed by atoms with E-state index >= 15 is 0 Å². The first-order valence-electron chi connectivity index (χ1n) is 4.86. The first-order valence-corrected chi connectivity index (χ1v) is 6.00. The Balaban J connectivity index is 2.36. The van der Waals surface area contributed by atoms with Gasteiger partial charge < -0.3 is 4.55 Å². The zero-order valence-corrected chi connectivity index (χ0v) is 8.79. The Kier molecular flexibility index (Phi) is 1.90. The van der Waals surface area contributed by atoms with Crippen LogP contribution in [0.25, 0.3) is 10.8 Å². The highest BCUT2D eigenvalue weighted by Crippen LogP contribution is 2.39. The van der Waals surface area contributed by atoms with E-state index < -0.39 is 11.1 Å². The molecule has 3 rings (SSSR count). The summed E-state index contributed by atoms with van der Waals surface area (Å²) in [5.74, 6) is 0. The van der Waals surface area contributed by atoms with Gasteiger partial charge in [-0.25, -0.2) is 0 Å². The smallest absolute Gasteiger partial charge is 0.0511 e. The van der Waals surface area contributed by atoms with Gasteiger partial charge in [-0.15, -0.1) is 0 Å². The van der Waals surface area contributed by atoms with Gasteiger partial charge in [0.15, 0.2) is 0 Å². The highest BCUT2D eigenvalue weighted by atomic mass is 32.2. The molecule has 0 saturated heterocycles. The molecule has 0 spiro atoms. The van der Waals surface area contributed by atoms with Gasteiger partial charge in [-0.1, -0.05) is 36.4 Å². The van der Waals surface area contributed by atoms with Crippen LogP contribution in [-0.2, 0) is 17.5 Å². The van der Waals surface area contributed by atoms with Gasteiger partial charge in [-0.3, -0.25) is 4.21 Å². The minimum atomic E-state index is -2.02. The molecule has 1 aliphatic rings. The first-order chi connectivity index (χ1) is 7.27. The Morgan fingerprint density at radius 1 is 1.20 bits per heavy atom. The number of hydrogen-bond acceptors (Lipinski definition) is 2. The van der Waals surface area contributed by atoms with Gasteiger partial charge >= 0.3 is 0 Å². The van der Waals surface area contributed by atoms with Gasteiger partial charge in [0.25, 0.3) is 0 Å². The van der Waals surface area contributed by atoms with E-state index in [2.05, 4.69) is 0 Å². The van der Waals surface area contributed by atoms with Gasteiger partial charge in [-0.05, 0) is 39.4 Å². The minimum absolute atomic E-state index is 0.355. The summed E-state index contributed by atoms with van der Waals surface area (Å²) in [5, 5.41) is 1.92. The fraction of sp³-hybridized carbons (Fsp3) is 0.167. The average molecular weight is 217 g/mol. The molecule has 1 aliphatic carbocycles. The monoisotopic (exact) mass is 217 g/mol. The van der Waals surface area contributed by atoms with Crippen molar-refractivity contribution in [3.8, 4) is 0 Å². The van der Waals surface area contributed by atoms with Gasteiger partial charge in [-0.2, -0.15) is 0 Å². The van der Waals surface area contributed by atoms with Crippen molar-refractivity contribution in [3.63, 3.8) is 0 Å². The van der Waals surface area contributed by atoms with Crippen molar-refractivity contribution in [2.75, 3.05) is 0 Å². The molecule has 0 bridgehead atoms. The molecule has 2 unspecified atom stereocenters. The lowest BCUT2D eigenvalue weighted by molar-refractivity contribution is 0.524. The van der Waals surface area contributed by atoms with Crippen LogP contribution in [0, 0.1) is 0 Å². The van der Waals surface area contributed by atoms with Gasteiger partial charge in [0, 0.05) is 0 Å². The van der Waals surface area contributed by atoms with E-state index in [9.17, 15) is 8.76 Å². The van der Waals surface area contributed by atoms with Crippen molar-refractivity contribution in [1.82, 2.24) is 0 Å². The maximum Gasteiger partial charge on any atom is 0.0511 e. The average Bonchev–Trinajstić information content (AvgIpc) is 2.61. The summed E-state index contributed by atoms with van der Waals surface area (Å²) in [6, 6.07) is 11.9.